The van der Waals surface area contributed by atoms with E-state index in [0.717, 1.165) is 35.5 Å². The lowest BCUT2D eigenvalue weighted by molar-refractivity contribution is 0.0707. The van der Waals surface area contributed by atoms with Crippen LogP contribution in [0.1, 0.15) is 40.6 Å². The average Bonchev–Trinajstić information content (AvgIpc) is 3.23. The highest BCUT2D eigenvalue weighted by Gasteiger charge is 2.30. The van der Waals surface area contributed by atoms with Crippen molar-refractivity contribution in [3.63, 3.8) is 0 Å². The summed E-state index contributed by atoms with van der Waals surface area (Å²) in [7, 11) is 0. The van der Waals surface area contributed by atoms with Gasteiger partial charge in [-0.3, -0.25) is 9.78 Å². The van der Waals surface area contributed by atoms with Crippen LogP contribution in [0.25, 0.3) is 16.8 Å². The zero-order valence-corrected chi connectivity index (χ0v) is 16.6. The van der Waals surface area contributed by atoms with Crippen molar-refractivity contribution in [2.24, 2.45) is 0 Å². The molecule has 0 radical (unpaired) electrons. The molecule has 1 fully saturated rings. The van der Waals surface area contributed by atoms with Crippen LogP contribution in [-0.2, 0) is 0 Å². The molecule has 0 N–H and O–H groups in total. The van der Waals surface area contributed by atoms with Crippen LogP contribution in [0, 0.1) is 6.92 Å². The fraction of sp³-hybridized carbons (Fsp3) is 0.273. The number of pyridine rings is 1. The van der Waals surface area contributed by atoms with Gasteiger partial charge in [0.25, 0.3) is 5.91 Å². The molecule has 1 aliphatic heterocycles. The van der Waals surface area contributed by atoms with E-state index in [9.17, 15) is 4.79 Å². The van der Waals surface area contributed by atoms with E-state index < -0.39 is 0 Å². The molecule has 8 nitrogen and oxygen atoms in total. The van der Waals surface area contributed by atoms with Crippen molar-refractivity contribution in [1.82, 2.24) is 34.4 Å². The average molecular weight is 399 g/mol. The third kappa shape index (κ3) is 3.30. The van der Waals surface area contributed by atoms with Crippen LogP contribution >= 0.6 is 0 Å². The maximum atomic E-state index is 13.3. The highest BCUT2D eigenvalue weighted by atomic mass is 16.2. The van der Waals surface area contributed by atoms with Crippen LogP contribution in [-0.4, -0.2) is 53.4 Å². The Bertz CT molecular complexity index is 1200. The summed E-state index contributed by atoms with van der Waals surface area (Å²) in [6, 6.07) is 5.73. The minimum Gasteiger partial charge on any atom is -0.338 e. The van der Waals surface area contributed by atoms with E-state index in [-0.39, 0.29) is 11.8 Å². The van der Waals surface area contributed by atoms with Gasteiger partial charge in [-0.05, 0) is 43.5 Å². The highest BCUT2D eigenvalue weighted by Crippen LogP contribution is 2.33. The number of likely N-dealkylation sites (tertiary alicyclic amines) is 1. The van der Waals surface area contributed by atoms with Crippen LogP contribution < -0.4 is 0 Å². The third-order valence-corrected chi connectivity index (χ3v) is 5.54. The molecule has 30 heavy (non-hydrogen) atoms. The van der Waals surface area contributed by atoms with Gasteiger partial charge in [0, 0.05) is 55.6 Å². The number of hydrogen-bond acceptors (Lipinski definition) is 6. The van der Waals surface area contributed by atoms with E-state index in [1.807, 2.05) is 30.2 Å². The van der Waals surface area contributed by atoms with E-state index in [4.69, 9.17) is 4.98 Å². The van der Waals surface area contributed by atoms with E-state index >= 15 is 0 Å². The maximum absolute atomic E-state index is 13.3. The van der Waals surface area contributed by atoms with Crippen molar-refractivity contribution in [2.75, 3.05) is 13.1 Å². The minimum absolute atomic E-state index is 0.0374. The summed E-state index contributed by atoms with van der Waals surface area (Å²) >= 11 is 0. The van der Waals surface area contributed by atoms with Gasteiger partial charge in [0.15, 0.2) is 5.65 Å². The first-order valence-corrected chi connectivity index (χ1v) is 10.0. The number of amides is 1. The quantitative estimate of drug-likeness (QED) is 0.526. The predicted octanol–water partition coefficient (Wildman–Crippen LogP) is 2.91. The minimum atomic E-state index is -0.0374. The maximum Gasteiger partial charge on any atom is 0.259 e. The smallest absolute Gasteiger partial charge is 0.259 e. The first-order valence-electron chi connectivity index (χ1n) is 10.0. The summed E-state index contributed by atoms with van der Waals surface area (Å²) in [5.74, 6) is 0.838. The van der Waals surface area contributed by atoms with Gasteiger partial charge < -0.3 is 4.90 Å². The predicted molar refractivity (Wildman–Crippen MR) is 111 cm³/mol. The SMILES string of the molecule is Cc1ncc(-c2ccncc2)c([C@@H]2CCCN(C(=O)c3cnn4cccnc34)C2)n1. The molecule has 0 aromatic carbocycles. The van der Waals surface area contributed by atoms with Crippen molar-refractivity contribution in [1.29, 1.82) is 0 Å². The lowest BCUT2D eigenvalue weighted by Crippen LogP contribution is -2.39. The number of carbonyl (C=O) groups is 1. The summed E-state index contributed by atoms with van der Waals surface area (Å²) in [5, 5.41) is 4.26. The lowest BCUT2D eigenvalue weighted by atomic mass is 9.90. The molecule has 1 aliphatic rings. The van der Waals surface area contributed by atoms with Gasteiger partial charge in [-0.1, -0.05) is 0 Å². The van der Waals surface area contributed by atoms with Gasteiger partial charge in [0.05, 0.1) is 11.9 Å². The van der Waals surface area contributed by atoms with E-state index in [0.29, 0.717) is 24.3 Å². The normalized spacial score (nSPS) is 16.7. The molecular weight excluding hydrogens is 378 g/mol. The van der Waals surface area contributed by atoms with Gasteiger partial charge >= 0.3 is 0 Å². The standard InChI is InChI=1S/C22H21N7O/c1-15-25-12-18(16-5-8-23-9-6-16)20(27-15)17-4-2-10-28(14-17)22(30)19-13-26-29-11-3-7-24-21(19)29/h3,5-9,11-13,17H,2,4,10,14H2,1H3/t17-/m1/s1. The lowest BCUT2D eigenvalue weighted by Gasteiger charge is -2.33. The second kappa shape index (κ2) is 7.62. The molecule has 4 aromatic heterocycles. The molecule has 4 aromatic rings. The van der Waals surface area contributed by atoms with Gasteiger partial charge in [-0.25, -0.2) is 19.5 Å². The number of fused-ring (bicyclic) bond motifs is 1. The molecule has 0 saturated carbocycles. The third-order valence-electron chi connectivity index (χ3n) is 5.54. The van der Waals surface area contributed by atoms with Crippen molar-refractivity contribution in [3.05, 3.63) is 72.5 Å². The number of carbonyl (C=O) groups excluding carboxylic acids is 1. The van der Waals surface area contributed by atoms with Crippen LogP contribution in [0.4, 0.5) is 0 Å². The molecule has 8 heteroatoms. The second-order valence-corrected chi connectivity index (χ2v) is 7.49. The number of nitrogens with zero attached hydrogens (tertiary/aromatic N) is 7. The first-order chi connectivity index (χ1) is 14.7. The summed E-state index contributed by atoms with van der Waals surface area (Å²) < 4.78 is 1.63. The van der Waals surface area contributed by atoms with Crippen molar-refractivity contribution in [3.8, 4) is 11.1 Å². The second-order valence-electron chi connectivity index (χ2n) is 7.49. The zero-order chi connectivity index (χ0) is 20.5. The summed E-state index contributed by atoms with van der Waals surface area (Å²) in [5.41, 5.74) is 4.14. The van der Waals surface area contributed by atoms with E-state index in [2.05, 4.69) is 20.1 Å². The molecule has 0 aliphatic carbocycles. The van der Waals surface area contributed by atoms with Gasteiger partial charge in [0.1, 0.15) is 11.4 Å². The Morgan fingerprint density at radius 1 is 1.13 bits per heavy atom. The fourth-order valence-electron chi connectivity index (χ4n) is 4.09. The highest BCUT2D eigenvalue weighted by molar-refractivity contribution is 5.99. The Balaban J connectivity index is 1.46. The monoisotopic (exact) mass is 399 g/mol. The van der Waals surface area contributed by atoms with Crippen molar-refractivity contribution >= 4 is 11.6 Å². The van der Waals surface area contributed by atoms with Crippen LogP contribution in [0.5, 0.6) is 0 Å². The number of rotatable bonds is 3. The van der Waals surface area contributed by atoms with Crippen molar-refractivity contribution in [2.45, 2.75) is 25.7 Å². The van der Waals surface area contributed by atoms with Crippen LogP contribution in [0.3, 0.4) is 0 Å². The first kappa shape index (κ1) is 18.4. The molecule has 1 atom stereocenters. The molecule has 1 saturated heterocycles. The molecular formula is C22H21N7O. The molecule has 0 bridgehead atoms. The van der Waals surface area contributed by atoms with E-state index in [1.165, 1.54) is 0 Å². The van der Waals surface area contributed by atoms with Gasteiger partial charge in [-0.2, -0.15) is 5.10 Å². The zero-order valence-electron chi connectivity index (χ0n) is 16.6. The van der Waals surface area contributed by atoms with E-state index in [1.54, 1.807) is 41.6 Å². The van der Waals surface area contributed by atoms with Gasteiger partial charge in [0.2, 0.25) is 0 Å². The molecule has 5 heterocycles. The van der Waals surface area contributed by atoms with Crippen LogP contribution in [0.15, 0.2) is 55.4 Å². The molecule has 150 valence electrons. The Morgan fingerprint density at radius 3 is 2.87 bits per heavy atom. The Morgan fingerprint density at radius 2 is 2.00 bits per heavy atom. The Hall–Kier alpha value is -3.68. The number of aryl methyl sites for hydroxylation is 1. The topological polar surface area (TPSA) is 89.2 Å². The molecule has 0 unspecified atom stereocenters. The summed E-state index contributed by atoms with van der Waals surface area (Å²) in [6.45, 7) is 3.22. The van der Waals surface area contributed by atoms with Gasteiger partial charge in [-0.15, -0.1) is 0 Å². The Kier molecular flexibility index (Phi) is 4.66. The number of hydrogen-bond donors (Lipinski definition) is 0. The molecule has 1 amide bonds. The molecule has 5 rings (SSSR count). The van der Waals surface area contributed by atoms with Crippen molar-refractivity contribution < 1.29 is 4.79 Å². The largest absolute Gasteiger partial charge is 0.338 e. The number of piperidine rings is 1. The molecule has 0 spiro atoms. The van der Waals surface area contributed by atoms with Crippen LogP contribution in [0.2, 0.25) is 0 Å². The summed E-state index contributed by atoms with van der Waals surface area (Å²) in [6.07, 6.45) is 12.4. The fourth-order valence-corrected chi connectivity index (χ4v) is 4.09. The summed E-state index contributed by atoms with van der Waals surface area (Å²) in [4.78, 5) is 32.8. The number of aromatic nitrogens is 6. The Labute approximate surface area is 173 Å².